The molecule has 1 N–H and O–H groups in total. The van der Waals surface area contributed by atoms with E-state index in [2.05, 4.69) is 0 Å². The first-order valence-corrected chi connectivity index (χ1v) is 5.00. The Balaban J connectivity index is 2.54. The molecule has 0 bridgehead atoms. The molecule has 0 aliphatic rings. The Morgan fingerprint density at radius 1 is 1.06 bits per heavy atom. The van der Waals surface area contributed by atoms with Crippen molar-refractivity contribution < 1.29 is 15.3 Å². The third-order valence-corrected chi connectivity index (χ3v) is 2.13. The van der Waals surface area contributed by atoms with Gasteiger partial charge in [-0.05, 0) is 36.3 Å². The summed E-state index contributed by atoms with van der Waals surface area (Å²) in [4.78, 5) is 0. The van der Waals surface area contributed by atoms with E-state index in [0.717, 1.165) is 0 Å². The molecule has 0 saturated carbocycles. The van der Waals surface area contributed by atoms with E-state index in [9.17, 15) is 5.11 Å². The molecule has 0 amide bonds. The van der Waals surface area contributed by atoms with Crippen LogP contribution < -0.4 is 4.74 Å². The van der Waals surface area contributed by atoms with Crippen LogP contribution in [0.1, 0.15) is 5.48 Å². The Morgan fingerprint density at radius 2 is 1.75 bits per heavy atom. The van der Waals surface area contributed by atoms with Crippen molar-refractivity contribution in [3.8, 4) is 17.2 Å². The van der Waals surface area contributed by atoms with Gasteiger partial charge in [0, 0.05) is 16.1 Å². The maximum atomic E-state index is 9.68. The minimum atomic E-state index is -0.426. The summed E-state index contributed by atoms with van der Waals surface area (Å²) in [6, 6.07) is 2.40. The summed E-state index contributed by atoms with van der Waals surface area (Å²) in [5, 5.41) is 9.69. The van der Waals surface area contributed by atoms with Crippen LogP contribution in [0.5, 0.6) is 17.2 Å². The monoisotopic (exact) mass is 258 g/mol. The average molecular weight is 259 g/mol. The SMILES string of the molecule is [2H]c1c([2H])c(Oc2ccc(Cl)cc2O)c([2H])c([2H])c1Cl. The minimum Gasteiger partial charge on any atom is -0.504 e. The van der Waals surface area contributed by atoms with Gasteiger partial charge in [-0.2, -0.15) is 0 Å². The number of hydrogen-bond donors (Lipinski definition) is 1. The van der Waals surface area contributed by atoms with Crippen molar-refractivity contribution in [3.05, 3.63) is 52.4 Å². The van der Waals surface area contributed by atoms with Gasteiger partial charge in [-0.25, -0.2) is 0 Å². The van der Waals surface area contributed by atoms with Crippen LogP contribution in [0.3, 0.4) is 0 Å². The fourth-order valence-corrected chi connectivity index (χ4v) is 1.28. The quantitative estimate of drug-likeness (QED) is 0.860. The zero-order chi connectivity index (χ0) is 15.0. The van der Waals surface area contributed by atoms with Crippen molar-refractivity contribution in [1.29, 1.82) is 0 Å². The van der Waals surface area contributed by atoms with Gasteiger partial charge in [-0.3, -0.25) is 0 Å². The molecule has 0 heterocycles. The number of benzene rings is 2. The highest BCUT2D eigenvalue weighted by Crippen LogP contribution is 2.32. The average Bonchev–Trinajstić information content (AvgIpc) is 2.41. The number of phenolic OH excluding ortho intramolecular Hbond substituents is 1. The van der Waals surface area contributed by atoms with E-state index >= 15 is 0 Å². The minimum absolute atomic E-state index is 0.0301. The molecule has 0 aliphatic carbocycles. The summed E-state index contributed by atoms with van der Waals surface area (Å²) < 4.78 is 35.9. The van der Waals surface area contributed by atoms with Crippen LogP contribution in [0.25, 0.3) is 0 Å². The Labute approximate surface area is 109 Å². The highest BCUT2D eigenvalue weighted by molar-refractivity contribution is 6.31. The molecule has 0 fully saturated rings. The molecule has 16 heavy (non-hydrogen) atoms. The van der Waals surface area contributed by atoms with E-state index in [0.29, 0.717) is 5.02 Å². The summed E-state index contributed by atoms with van der Waals surface area (Å²) in [5.41, 5.74) is 0. The normalized spacial score (nSPS) is 13.6. The van der Waals surface area contributed by atoms with Crippen molar-refractivity contribution in [2.24, 2.45) is 0 Å². The number of ether oxygens (including phenoxy) is 1. The van der Waals surface area contributed by atoms with E-state index in [1.807, 2.05) is 0 Å². The lowest BCUT2D eigenvalue weighted by molar-refractivity contribution is 0.411. The summed E-state index contributed by atoms with van der Waals surface area (Å²) in [7, 11) is 0. The molecule has 2 nitrogen and oxygen atoms in total. The van der Waals surface area contributed by atoms with Crippen molar-refractivity contribution in [2.45, 2.75) is 0 Å². The molecule has 4 heteroatoms. The zero-order valence-corrected chi connectivity index (χ0v) is 9.36. The Bertz CT molecular complexity index is 663. The fourth-order valence-electron chi connectivity index (χ4n) is 1.02. The molecular formula is C12H8Cl2O2. The first-order valence-electron chi connectivity index (χ1n) is 6.25. The third kappa shape index (κ3) is 2.60. The van der Waals surface area contributed by atoms with Gasteiger partial charge < -0.3 is 9.84 Å². The summed E-state index contributed by atoms with van der Waals surface area (Å²) in [5.74, 6) is -0.621. The smallest absolute Gasteiger partial charge is 0.169 e. The van der Waals surface area contributed by atoms with Crippen molar-refractivity contribution >= 4 is 23.2 Å². The summed E-state index contributed by atoms with van der Waals surface area (Å²) >= 11 is 11.4. The van der Waals surface area contributed by atoms with Gasteiger partial charge in [0.15, 0.2) is 11.5 Å². The molecule has 0 aromatic heterocycles. The van der Waals surface area contributed by atoms with Crippen LogP contribution in [0.4, 0.5) is 0 Å². The number of aromatic hydroxyl groups is 1. The zero-order valence-electron chi connectivity index (χ0n) is 11.8. The van der Waals surface area contributed by atoms with E-state index in [4.69, 9.17) is 33.4 Å². The molecule has 2 aromatic rings. The summed E-state index contributed by atoms with van der Waals surface area (Å²) in [6.07, 6.45) is 0. The number of phenols is 1. The Morgan fingerprint density at radius 3 is 2.38 bits per heavy atom. The molecule has 2 rings (SSSR count). The van der Waals surface area contributed by atoms with Gasteiger partial charge in [-0.15, -0.1) is 0 Å². The molecule has 82 valence electrons. The van der Waals surface area contributed by atoms with Crippen LogP contribution >= 0.6 is 23.2 Å². The molecule has 0 aliphatic heterocycles. The van der Waals surface area contributed by atoms with Crippen LogP contribution in [-0.4, -0.2) is 5.11 Å². The van der Waals surface area contributed by atoms with Crippen LogP contribution in [-0.2, 0) is 0 Å². The van der Waals surface area contributed by atoms with Crippen LogP contribution in [0.2, 0.25) is 10.0 Å². The van der Waals surface area contributed by atoms with Gasteiger partial charge in [0.2, 0.25) is 0 Å². The molecular weight excluding hydrogens is 247 g/mol. The lowest BCUT2D eigenvalue weighted by Crippen LogP contribution is -1.84. The predicted octanol–water partition coefficient (Wildman–Crippen LogP) is 4.49. The second-order valence-corrected chi connectivity index (χ2v) is 3.67. The van der Waals surface area contributed by atoms with E-state index < -0.39 is 24.2 Å². The highest BCUT2D eigenvalue weighted by Gasteiger charge is 2.04. The second-order valence-electron chi connectivity index (χ2n) is 2.86. The maximum Gasteiger partial charge on any atom is 0.169 e. The van der Waals surface area contributed by atoms with E-state index in [1.165, 1.54) is 18.2 Å². The second kappa shape index (κ2) is 4.64. The molecule has 0 radical (unpaired) electrons. The largest absolute Gasteiger partial charge is 0.504 e. The predicted molar refractivity (Wildman–Crippen MR) is 64.6 cm³/mol. The standard InChI is InChI=1S/C12H8Cl2O2/c13-8-1-4-10(5-2-8)16-12-6-3-9(14)7-11(12)15/h1-7,15H/i1D,2D,4D,5D. The van der Waals surface area contributed by atoms with Gasteiger partial charge in [0.05, 0.1) is 5.48 Å². The van der Waals surface area contributed by atoms with Crippen LogP contribution in [0.15, 0.2) is 42.4 Å². The molecule has 2 aromatic carbocycles. The van der Waals surface area contributed by atoms with E-state index in [-0.39, 0.29) is 22.3 Å². The molecule has 0 unspecified atom stereocenters. The lowest BCUT2D eigenvalue weighted by Gasteiger charge is -2.07. The highest BCUT2D eigenvalue weighted by atomic mass is 35.5. The van der Waals surface area contributed by atoms with E-state index in [1.54, 1.807) is 0 Å². The molecule has 0 saturated heterocycles. The molecule has 0 spiro atoms. The van der Waals surface area contributed by atoms with Crippen LogP contribution in [0, 0.1) is 0 Å². The first-order chi connectivity index (χ1) is 9.32. The van der Waals surface area contributed by atoms with Crippen molar-refractivity contribution in [3.63, 3.8) is 0 Å². The number of hydrogen-bond acceptors (Lipinski definition) is 2. The van der Waals surface area contributed by atoms with Gasteiger partial charge >= 0.3 is 0 Å². The van der Waals surface area contributed by atoms with Gasteiger partial charge in [0.25, 0.3) is 0 Å². The van der Waals surface area contributed by atoms with Gasteiger partial charge in [-0.1, -0.05) is 23.2 Å². The molecule has 0 atom stereocenters. The topological polar surface area (TPSA) is 29.5 Å². The lowest BCUT2D eigenvalue weighted by atomic mass is 10.3. The first kappa shape index (κ1) is 7.05. The van der Waals surface area contributed by atoms with Gasteiger partial charge in [0.1, 0.15) is 5.75 Å². The van der Waals surface area contributed by atoms with Crippen molar-refractivity contribution in [1.82, 2.24) is 0 Å². The third-order valence-electron chi connectivity index (χ3n) is 1.70. The fraction of sp³-hybridized carbons (Fsp3) is 0. The summed E-state index contributed by atoms with van der Waals surface area (Å²) in [6.45, 7) is 0. The Hall–Kier alpha value is -1.38. The van der Waals surface area contributed by atoms with Crippen molar-refractivity contribution in [2.75, 3.05) is 0 Å². The number of halogens is 2. The maximum absolute atomic E-state index is 9.68. The number of rotatable bonds is 2. The Kier molecular flexibility index (Phi) is 2.04.